The second-order valence-corrected chi connectivity index (χ2v) is 6.93. The monoisotopic (exact) mass is 380 g/mol. The zero-order chi connectivity index (χ0) is 18.2. The lowest BCUT2D eigenvalue weighted by Crippen LogP contribution is -2.31. The molecule has 1 amide bonds. The van der Waals surface area contributed by atoms with Crippen molar-refractivity contribution in [3.05, 3.63) is 47.8 Å². The van der Waals surface area contributed by atoms with Crippen molar-refractivity contribution in [3.8, 4) is 5.75 Å². The minimum atomic E-state index is -0.0351. The lowest BCUT2D eigenvalue weighted by molar-refractivity contribution is -0.119. The molecule has 6 nitrogen and oxygen atoms in total. The third kappa shape index (κ3) is 6.10. The molecule has 0 saturated carbocycles. The van der Waals surface area contributed by atoms with E-state index >= 15 is 0 Å². The number of nitrogens with one attached hydrogen (secondary N) is 1. The molecule has 0 aliphatic rings. The number of aromatic nitrogens is 3. The molecular weight excluding hydrogens is 360 g/mol. The third-order valence-corrected chi connectivity index (χ3v) is 4.29. The molecule has 0 saturated heterocycles. The Morgan fingerprint density at radius 3 is 2.76 bits per heavy atom. The van der Waals surface area contributed by atoms with E-state index in [2.05, 4.69) is 22.1 Å². The summed E-state index contributed by atoms with van der Waals surface area (Å²) in [5, 5.41) is 12.5. The largest absolute Gasteiger partial charge is 0.486 e. The van der Waals surface area contributed by atoms with Crippen LogP contribution >= 0.6 is 23.4 Å². The third-order valence-electron chi connectivity index (χ3n) is 3.07. The van der Waals surface area contributed by atoms with Gasteiger partial charge in [-0.15, -0.1) is 16.8 Å². The van der Waals surface area contributed by atoms with Gasteiger partial charge in [0.1, 0.15) is 12.4 Å². The molecule has 2 aromatic rings. The van der Waals surface area contributed by atoms with Gasteiger partial charge in [-0.1, -0.05) is 29.4 Å². The molecular formula is C17H21ClN4O2S. The van der Waals surface area contributed by atoms with Crippen molar-refractivity contribution in [2.75, 3.05) is 5.75 Å². The van der Waals surface area contributed by atoms with E-state index in [0.29, 0.717) is 28.3 Å². The predicted octanol–water partition coefficient (Wildman–Crippen LogP) is 3.31. The Bertz CT molecular complexity index is 716. The molecule has 0 aliphatic carbocycles. The Kier molecular flexibility index (Phi) is 7.33. The summed E-state index contributed by atoms with van der Waals surface area (Å²) in [6, 6.07) is 7.23. The number of halogens is 1. The molecule has 0 aliphatic heterocycles. The van der Waals surface area contributed by atoms with Crippen LogP contribution in [-0.4, -0.2) is 32.5 Å². The number of benzene rings is 1. The van der Waals surface area contributed by atoms with Crippen LogP contribution in [0.5, 0.6) is 5.75 Å². The van der Waals surface area contributed by atoms with Crippen LogP contribution in [0, 0.1) is 0 Å². The van der Waals surface area contributed by atoms with Gasteiger partial charge in [-0.25, -0.2) is 0 Å². The van der Waals surface area contributed by atoms with Gasteiger partial charge in [-0.05, 0) is 38.1 Å². The molecule has 134 valence electrons. The van der Waals surface area contributed by atoms with Crippen molar-refractivity contribution in [2.24, 2.45) is 0 Å². The summed E-state index contributed by atoms with van der Waals surface area (Å²) in [4.78, 5) is 11.8. The number of hydrogen-bond donors (Lipinski definition) is 1. The number of hydrogen-bond acceptors (Lipinski definition) is 5. The van der Waals surface area contributed by atoms with E-state index in [1.54, 1.807) is 30.3 Å². The lowest BCUT2D eigenvalue weighted by atomic mass is 10.3. The van der Waals surface area contributed by atoms with Crippen LogP contribution in [-0.2, 0) is 17.9 Å². The van der Waals surface area contributed by atoms with Crippen LogP contribution in [0.25, 0.3) is 0 Å². The van der Waals surface area contributed by atoms with Gasteiger partial charge < -0.3 is 10.1 Å². The van der Waals surface area contributed by atoms with Crippen molar-refractivity contribution in [3.63, 3.8) is 0 Å². The summed E-state index contributed by atoms with van der Waals surface area (Å²) in [5.74, 6) is 1.61. The fourth-order valence-electron chi connectivity index (χ4n) is 2.02. The number of amides is 1. The molecule has 25 heavy (non-hydrogen) atoms. The number of carbonyl (C=O) groups is 1. The second-order valence-electron chi connectivity index (χ2n) is 5.55. The van der Waals surface area contributed by atoms with Crippen molar-refractivity contribution in [1.82, 2.24) is 20.1 Å². The van der Waals surface area contributed by atoms with Crippen LogP contribution in [0.15, 0.2) is 42.1 Å². The van der Waals surface area contributed by atoms with Gasteiger partial charge in [0.2, 0.25) is 5.91 Å². The highest BCUT2D eigenvalue weighted by Gasteiger charge is 2.14. The van der Waals surface area contributed by atoms with Gasteiger partial charge in [0.05, 0.1) is 5.75 Å². The fourth-order valence-corrected chi connectivity index (χ4v) is 2.92. The lowest BCUT2D eigenvalue weighted by Gasteiger charge is -2.10. The molecule has 1 N–H and O–H groups in total. The fraction of sp³-hybridized carbons (Fsp3) is 0.353. The van der Waals surface area contributed by atoms with Crippen LogP contribution < -0.4 is 10.1 Å². The van der Waals surface area contributed by atoms with E-state index in [0.717, 1.165) is 0 Å². The molecule has 0 bridgehead atoms. The molecule has 2 rings (SSSR count). The highest BCUT2D eigenvalue weighted by Crippen LogP contribution is 2.20. The SMILES string of the molecule is C=CCn1c(COc2ccc(Cl)cc2)nnc1SCC(=O)NC(C)C. The zero-order valence-corrected chi connectivity index (χ0v) is 15.8. The maximum absolute atomic E-state index is 11.8. The van der Waals surface area contributed by atoms with Gasteiger partial charge in [0, 0.05) is 17.6 Å². The van der Waals surface area contributed by atoms with E-state index < -0.39 is 0 Å². The van der Waals surface area contributed by atoms with Gasteiger partial charge in [0.15, 0.2) is 11.0 Å². The van der Waals surface area contributed by atoms with E-state index in [4.69, 9.17) is 16.3 Å². The van der Waals surface area contributed by atoms with Gasteiger partial charge >= 0.3 is 0 Å². The normalized spacial score (nSPS) is 10.7. The Morgan fingerprint density at radius 1 is 1.40 bits per heavy atom. The minimum absolute atomic E-state index is 0.0351. The van der Waals surface area contributed by atoms with E-state index in [1.807, 2.05) is 18.4 Å². The number of rotatable bonds is 9. The molecule has 0 unspecified atom stereocenters. The molecule has 0 spiro atoms. The summed E-state index contributed by atoms with van der Waals surface area (Å²) in [6.45, 7) is 8.42. The molecule has 1 aromatic carbocycles. The number of allylic oxidation sites excluding steroid dienone is 1. The van der Waals surface area contributed by atoms with Gasteiger partial charge in [-0.2, -0.15) is 0 Å². The van der Waals surface area contributed by atoms with Crippen molar-refractivity contribution in [1.29, 1.82) is 0 Å². The molecule has 1 heterocycles. The highest BCUT2D eigenvalue weighted by molar-refractivity contribution is 7.99. The van der Waals surface area contributed by atoms with E-state index in [9.17, 15) is 4.79 Å². The molecule has 8 heteroatoms. The van der Waals surface area contributed by atoms with E-state index in [1.165, 1.54) is 11.8 Å². The quantitative estimate of drug-likeness (QED) is 0.534. The Labute approximate surface area is 156 Å². The predicted molar refractivity (Wildman–Crippen MR) is 100 cm³/mol. The van der Waals surface area contributed by atoms with Crippen LogP contribution in [0.2, 0.25) is 5.02 Å². The molecule has 0 fully saturated rings. The summed E-state index contributed by atoms with van der Waals surface area (Å²) >= 11 is 7.20. The average Bonchev–Trinajstić information content (AvgIpc) is 2.94. The topological polar surface area (TPSA) is 69.0 Å². The Balaban J connectivity index is 2.01. The summed E-state index contributed by atoms with van der Waals surface area (Å²) in [7, 11) is 0. The average molecular weight is 381 g/mol. The van der Waals surface area contributed by atoms with Crippen molar-refractivity contribution >= 4 is 29.3 Å². The maximum Gasteiger partial charge on any atom is 0.230 e. The molecule has 0 radical (unpaired) electrons. The minimum Gasteiger partial charge on any atom is -0.486 e. The Hall–Kier alpha value is -1.99. The van der Waals surface area contributed by atoms with Crippen molar-refractivity contribution < 1.29 is 9.53 Å². The standard InChI is InChI=1S/C17H21ClN4O2S/c1-4-9-22-15(10-24-14-7-5-13(18)6-8-14)20-21-17(22)25-11-16(23)19-12(2)3/h4-8,12H,1,9-11H2,2-3H3,(H,19,23). The zero-order valence-electron chi connectivity index (χ0n) is 14.2. The Morgan fingerprint density at radius 2 is 2.12 bits per heavy atom. The van der Waals surface area contributed by atoms with Crippen molar-refractivity contribution in [2.45, 2.75) is 38.2 Å². The first kappa shape index (κ1) is 19.3. The number of carbonyl (C=O) groups excluding carboxylic acids is 1. The molecule has 1 aromatic heterocycles. The van der Waals surface area contributed by atoms with Crippen LogP contribution in [0.4, 0.5) is 0 Å². The first-order valence-corrected chi connectivity index (χ1v) is 9.19. The van der Waals surface area contributed by atoms with Crippen LogP contribution in [0.1, 0.15) is 19.7 Å². The molecule has 0 atom stereocenters. The van der Waals surface area contributed by atoms with E-state index in [-0.39, 0.29) is 24.3 Å². The maximum atomic E-state index is 11.8. The summed E-state index contributed by atoms with van der Waals surface area (Å²) < 4.78 is 7.61. The number of nitrogens with zero attached hydrogens (tertiary/aromatic N) is 3. The smallest absolute Gasteiger partial charge is 0.230 e. The second kappa shape index (κ2) is 9.48. The summed E-state index contributed by atoms with van der Waals surface area (Å²) in [5.41, 5.74) is 0. The summed E-state index contributed by atoms with van der Waals surface area (Å²) in [6.07, 6.45) is 1.76. The highest BCUT2D eigenvalue weighted by atomic mass is 35.5. The number of ether oxygens (including phenoxy) is 1. The van der Waals surface area contributed by atoms with Crippen LogP contribution in [0.3, 0.4) is 0 Å². The first-order chi connectivity index (χ1) is 12.0. The first-order valence-electron chi connectivity index (χ1n) is 7.83. The van der Waals surface area contributed by atoms with Gasteiger partial charge in [-0.3, -0.25) is 9.36 Å². The van der Waals surface area contributed by atoms with Gasteiger partial charge in [0.25, 0.3) is 0 Å². The number of thioether (sulfide) groups is 1.